The van der Waals surface area contributed by atoms with Crippen molar-refractivity contribution in [1.82, 2.24) is 15.1 Å². The molecule has 0 bridgehead atoms. The van der Waals surface area contributed by atoms with Gasteiger partial charge in [-0.15, -0.1) is 0 Å². The van der Waals surface area contributed by atoms with Crippen LogP contribution in [0.2, 0.25) is 0 Å². The Hall–Kier alpha value is -1.84. The number of rotatable bonds is 4. The van der Waals surface area contributed by atoms with Gasteiger partial charge in [0.05, 0.1) is 5.52 Å². The van der Waals surface area contributed by atoms with Gasteiger partial charge in [0, 0.05) is 32.1 Å². The molecule has 1 N–H and O–H groups in total. The van der Waals surface area contributed by atoms with Crippen LogP contribution in [0, 0.1) is 5.92 Å². The highest BCUT2D eigenvalue weighted by atomic mass is 16.1. The van der Waals surface area contributed by atoms with Crippen LogP contribution in [0.25, 0.3) is 10.9 Å². The zero-order chi connectivity index (χ0) is 14.3. The largest absolute Gasteiger partial charge is 0.356 e. The molecule has 0 spiro atoms. The molecule has 106 valence electrons. The third kappa shape index (κ3) is 2.30. The lowest BCUT2D eigenvalue weighted by Crippen LogP contribution is -2.22. The van der Waals surface area contributed by atoms with E-state index in [1.807, 2.05) is 11.7 Å². The average Bonchev–Trinajstić information content (AvgIpc) is 3.07. The summed E-state index contributed by atoms with van der Waals surface area (Å²) < 4.78 is 1.89. The van der Waals surface area contributed by atoms with E-state index < -0.39 is 0 Å². The topological polar surface area (TPSA) is 46.9 Å². The number of carbonyl (C=O) groups excluding carboxylic acids is 1. The first-order chi connectivity index (χ1) is 9.60. The summed E-state index contributed by atoms with van der Waals surface area (Å²) in [7, 11) is 1.97. The molecule has 1 aliphatic rings. The third-order valence-corrected chi connectivity index (χ3v) is 4.22. The lowest BCUT2D eigenvalue weighted by atomic mass is 9.96. The minimum absolute atomic E-state index is 0.0611. The second kappa shape index (κ2) is 4.93. The van der Waals surface area contributed by atoms with Gasteiger partial charge < -0.3 is 5.32 Å². The van der Waals surface area contributed by atoms with Crippen LogP contribution < -0.4 is 5.32 Å². The van der Waals surface area contributed by atoms with Crippen LogP contribution >= 0.6 is 0 Å². The second-order valence-corrected chi connectivity index (χ2v) is 5.77. The lowest BCUT2D eigenvalue weighted by Gasteiger charge is -2.09. The molecule has 1 aromatic carbocycles. The molecule has 3 rings (SSSR count). The van der Waals surface area contributed by atoms with E-state index in [-0.39, 0.29) is 5.91 Å². The molecule has 2 aromatic rings. The Morgan fingerprint density at radius 3 is 3.00 bits per heavy atom. The van der Waals surface area contributed by atoms with Gasteiger partial charge in [-0.25, -0.2) is 0 Å². The molecule has 1 aromatic heterocycles. The summed E-state index contributed by atoms with van der Waals surface area (Å²) in [6.45, 7) is 4.57. The summed E-state index contributed by atoms with van der Waals surface area (Å²) in [5.41, 5.74) is 3.94. The summed E-state index contributed by atoms with van der Waals surface area (Å²) in [5, 5.41) is 8.72. The van der Waals surface area contributed by atoms with Crippen LogP contribution in [0.15, 0.2) is 18.3 Å². The molecule has 2 unspecified atom stereocenters. The number of nitrogens with one attached hydrogen (secondary N) is 1. The van der Waals surface area contributed by atoms with Crippen LogP contribution in [0.1, 0.15) is 37.3 Å². The van der Waals surface area contributed by atoms with Gasteiger partial charge in [0.15, 0.2) is 0 Å². The van der Waals surface area contributed by atoms with E-state index in [1.54, 1.807) is 6.92 Å². The summed E-state index contributed by atoms with van der Waals surface area (Å²) in [6, 6.07) is 4.32. The van der Waals surface area contributed by atoms with Crippen molar-refractivity contribution in [2.45, 2.75) is 32.6 Å². The monoisotopic (exact) mass is 271 g/mol. The van der Waals surface area contributed by atoms with Gasteiger partial charge in [-0.05, 0) is 41.9 Å². The predicted octanol–water partition coefficient (Wildman–Crippen LogP) is 2.38. The first kappa shape index (κ1) is 13.2. The highest BCUT2D eigenvalue weighted by Crippen LogP contribution is 2.50. The molecule has 4 heteroatoms. The predicted molar refractivity (Wildman–Crippen MR) is 79.6 cm³/mol. The van der Waals surface area contributed by atoms with E-state index in [4.69, 9.17) is 0 Å². The number of amides is 1. The normalized spacial score (nSPS) is 21.1. The van der Waals surface area contributed by atoms with Crippen molar-refractivity contribution < 1.29 is 4.79 Å². The Balaban J connectivity index is 1.92. The molecule has 0 radical (unpaired) electrons. The number of nitrogens with zero attached hydrogens (tertiary/aromatic N) is 2. The molecule has 1 heterocycles. The second-order valence-electron chi connectivity index (χ2n) is 5.77. The van der Waals surface area contributed by atoms with E-state index in [9.17, 15) is 4.79 Å². The summed E-state index contributed by atoms with van der Waals surface area (Å²) >= 11 is 0. The standard InChI is InChI=1S/C16H21N3O/c1-4-11-5-6-15-14(9-19(3)18-15)16(11)13-7-12(13)8-17-10(2)20/h5-6,9,12-13H,4,7-8H2,1-3H3,(H,17,20). The Bertz CT molecular complexity index is 659. The fraction of sp³-hybridized carbons (Fsp3) is 0.500. The number of fused-ring (bicyclic) bond motifs is 1. The number of hydrogen-bond donors (Lipinski definition) is 1. The number of aromatic nitrogens is 2. The molecule has 20 heavy (non-hydrogen) atoms. The van der Waals surface area contributed by atoms with E-state index in [1.165, 1.54) is 22.9 Å². The number of hydrogen-bond acceptors (Lipinski definition) is 2. The Kier molecular flexibility index (Phi) is 3.24. The molecule has 1 saturated carbocycles. The fourth-order valence-electron chi connectivity index (χ4n) is 3.13. The number of benzene rings is 1. The van der Waals surface area contributed by atoms with Crippen molar-refractivity contribution in [3.05, 3.63) is 29.5 Å². The molecule has 0 aliphatic heterocycles. The summed E-state index contributed by atoms with van der Waals surface area (Å²) in [6.07, 6.45) is 4.34. The van der Waals surface area contributed by atoms with Crippen molar-refractivity contribution in [2.24, 2.45) is 13.0 Å². The van der Waals surface area contributed by atoms with Gasteiger partial charge >= 0.3 is 0 Å². The van der Waals surface area contributed by atoms with Gasteiger partial charge in [0.2, 0.25) is 5.91 Å². The van der Waals surface area contributed by atoms with Crippen LogP contribution in [-0.4, -0.2) is 22.2 Å². The summed E-state index contributed by atoms with van der Waals surface area (Å²) in [4.78, 5) is 11.0. The van der Waals surface area contributed by atoms with Crippen molar-refractivity contribution in [2.75, 3.05) is 6.54 Å². The average molecular weight is 271 g/mol. The van der Waals surface area contributed by atoms with Crippen LogP contribution in [0.4, 0.5) is 0 Å². The van der Waals surface area contributed by atoms with Crippen molar-refractivity contribution in [3.8, 4) is 0 Å². The molecular formula is C16H21N3O. The molecule has 1 aliphatic carbocycles. The minimum Gasteiger partial charge on any atom is -0.356 e. The van der Waals surface area contributed by atoms with Crippen molar-refractivity contribution in [1.29, 1.82) is 0 Å². The SMILES string of the molecule is CCc1ccc2nn(C)cc2c1C1CC1CNC(C)=O. The zero-order valence-electron chi connectivity index (χ0n) is 12.3. The quantitative estimate of drug-likeness (QED) is 0.928. The van der Waals surface area contributed by atoms with Gasteiger partial charge in [0.25, 0.3) is 0 Å². The van der Waals surface area contributed by atoms with E-state index >= 15 is 0 Å². The minimum atomic E-state index is 0.0611. The maximum absolute atomic E-state index is 11.0. The number of aryl methyl sites for hydroxylation is 2. The Morgan fingerprint density at radius 2 is 2.30 bits per heavy atom. The van der Waals surface area contributed by atoms with Gasteiger partial charge in [-0.1, -0.05) is 13.0 Å². The van der Waals surface area contributed by atoms with Gasteiger partial charge in [-0.2, -0.15) is 5.10 Å². The highest BCUT2D eigenvalue weighted by Gasteiger charge is 2.40. The third-order valence-electron chi connectivity index (χ3n) is 4.22. The Morgan fingerprint density at radius 1 is 1.50 bits per heavy atom. The first-order valence-corrected chi connectivity index (χ1v) is 7.29. The maximum Gasteiger partial charge on any atom is 0.216 e. The number of carbonyl (C=O) groups is 1. The molecule has 0 saturated heterocycles. The zero-order valence-corrected chi connectivity index (χ0v) is 12.3. The first-order valence-electron chi connectivity index (χ1n) is 7.29. The lowest BCUT2D eigenvalue weighted by molar-refractivity contribution is -0.119. The van der Waals surface area contributed by atoms with Crippen LogP contribution in [0.5, 0.6) is 0 Å². The van der Waals surface area contributed by atoms with Crippen LogP contribution in [0.3, 0.4) is 0 Å². The van der Waals surface area contributed by atoms with E-state index in [2.05, 4.69) is 35.7 Å². The fourth-order valence-corrected chi connectivity index (χ4v) is 3.13. The molecule has 4 nitrogen and oxygen atoms in total. The molecule has 1 amide bonds. The summed E-state index contributed by atoms with van der Waals surface area (Å²) in [5.74, 6) is 1.21. The maximum atomic E-state index is 11.0. The van der Waals surface area contributed by atoms with Crippen molar-refractivity contribution in [3.63, 3.8) is 0 Å². The molecule has 2 atom stereocenters. The molecule has 1 fully saturated rings. The van der Waals surface area contributed by atoms with E-state index in [0.717, 1.165) is 18.5 Å². The highest BCUT2D eigenvalue weighted by molar-refractivity contribution is 5.84. The Labute approximate surface area is 119 Å². The van der Waals surface area contributed by atoms with Gasteiger partial charge in [0.1, 0.15) is 0 Å². The van der Waals surface area contributed by atoms with Gasteiger partial charge in [-0.3, -0.25) is 9.48 Å². The van der Waals surface area contributed by atoms with E-state index in [0.29, 0.717) is 11.8 Å². The van der Waals surface area contributed by atoms with Crippen molar-refractivity contribution >= 4 is 16.8 Å². The van der Waals surface area contributed by atoms with Crippen LogP contribution in [-0.2, 0) is 18.3 Å². The molecular weight excluding hydrogens is 250 g/mol. The smallest absolute Gasteiger partial charge is 0.216 e.